The summed E-state index contributed by atoms with van der Waals surface area (Å²) in [5, 5.41) is 11.7. The summed E-state index contributed by atoms with van der Waals surface area (Å²) in [6.45, 7) is 11.2. The van der Waals surface area contributed by atoms with Gasteiger partial charge in [0.2, 0.25) is 0 Å². The van der Waals surface area contributed by atoms with Crippen LogP contribution in [0.1, 0.15) is 40.5 Å². The molecule has 2 fully saturated rings. The van der Waals surface area contributed by atoms with Gasteiger partial charge in [-0.15, -0.1) is 0 Å². The lowest BCUT2D eigenvalue weighted by molar-refractivity contribution is -0.162. The van der Waals surface area contributed by atoms with Gasteiger partial charge in [0.05, 0.1) is 17.8 Å². The summed E-state index contributed by atoms with van der Waals surface area (Å²) in [4.78, 5) is 24.6. The van der Waals surface area contributed by atoms with Crippen molar-refractivity contribution < 1.29 is 24.2 Å². The van der Waals surface area contributed by atoms with Crippen LogP contribution < -0.4 is 0 Å². The molecule has 0 aromatic carbocycles. The Bertz CT molecular complexity index is 688. The van der Waals surface area contributed by atoms with E-state index in [-0.39, 0.29) is 11.9 Å². The minimum atomic E-state index is -1.39. The number of rotatable bonds is 2. The maximum Gasteiger partial charge on any atom is 0.333 e. The van der Waals surface area contributed by atoms with Crippen molar-refractivity contribution in [3.63, 3.8) is 0 Å². The minimum absolute atomic E-state index is 0.306. The van der Waals surface area contributed by atoms with Crippen LogP contribution in [0, 0.1) is 17.8 Å². The molecule has 1 aliphatic heterocycles. The van der Waals surface area contributed by atoms with E-state index in [1.165, 1.54) is 0 Å². The van der Waals surface area contributed by atoms with Gasteiger partial charge in [-0.25, -0.2) is 4.79 Å². The summed E-state index contributed by atoms with van der Waals surface area (Å²) in [5.41, 5.74) is 0.677. The Kier molecular flexibility index (Phi) is 4.40. The molecule has 0 aromatic rings. The van der Waals surface area contributed by atoms with E-state index in [1.54, 1.807) is 26.8 Å². The molecule has 5 nitrogen and oxygen atoms in total. The SMILES string of the molecule is C=C1CCC=C(C)[C@]2(O)C1[C@@H]1OC(=O)[C@H](C)[C@@H]1[C@H]2OC(=O)/C(C)=C\C. The molecule has 1 saturated carbocycles. The Morgan fingerprint density at radius 3 is 2.84 bits per heavy atom. The van der Waals surface area contributed by atoms with Crippen LogP contribution in [0.3, 0.4) is 0 Å². The van der Waals surface area contributed by atoms with E-state index in [1.807, 2.05) is 13.0 Å². The van der Waals surface area contributed by atoms with Crippen LogP contribution in [0.15, 0.2) is 35.5 Å². The smallest absolute Gasteiger partial charge is 0.333 e. The zero-order valence-electron chi connectivity index (χ0n) is 15.2. The lowest BCUT2D eigenvalue weighted by Crippen LogP contribution is -2.50. The maximum atomic E-state index is 12.4. The third-order valence-electron chi connectivity index (χ3n) is 6.14. The molecule has 0 aromatic heterocycles. The van der Waals surface area contributed by atoms with Crippen molar-refractivity contribution in [2.45, 2.75) is 58.3 Å². The van der Waals surface area contributed by atoms with E-state index in [4.69, 9.17) is 9.47 Å². The molecular formula is C20H26O5. The Hall–Kier alpha value is -1.88. The van der Waals surface area contributed by atoms with Crippen molar-refractivity contribution in [1.82, 2.24) is 0 Å². The van der Waals surface area contributed by atoms with Gasteiger partial charge in [-0.05, 0) is 39.2 Å². The molecule has 0 amide bonds. The Balaban J connectivity index is 2.09. The number of carbonyl (C=O) groups excluding carboxylic acids is 2. The normalized spacial score (nSPS) is 40.8. The van der Waals surface area contributed by atoms with E-state index < -0.39 is 35.6 Å². The van der Waals surface area contributed by atoms with Crippen molar-refractivity contribution in [3.05, 3.63) is 35.5 Å². The van der Waals surface area contributed by atoms with Crippen LogP contribution in [-0.4, -0.2) is 34.9 Å². The van der Waals surface area contributed by atoms with Crippen molar-refractivity contribution in [2.24, 2.45) is 17.8 Å². The number of carbonyl (C=O) groups is 2. The van der Waals surface area contributed by atoms with E-state index in [0.717, 1.165) is 17.6 Å². The van der Waals surface area contributed by atoms with Crippen molar-refractivity contribution in [1.29, 1.82) is 0 Å². The lowest BCUT2D eigenvalue weighted by Gasteiger charge is -2.37. The summed E-state index contributed by atoms with van der Waals surface area (Å²) in [6, 6.07) is 0. The summed E-state index contributed by atoms with van der Waals surface area (Å²) < 4.78 is 11.4. The van der Waals surface area contributed by atoms with Crippen LogP contribution in [-0.2, 0) is 19.1 Å². The molecule has 0 spiro atoms. The molecule has 6 atom stereocenters. The van der Waals surface area contributed by atoms with E-state index in [2.05, 4.69) is 6.58 Å². The van der Waals surface area contributed by atoms with Gasteiger partial charge < -0.3 is 14.6 Å². The van der Waals surface area contributed by atoms with Crippen LogP contribution in [0.5, 0.6) is 0 Å². The van der Waals surface area contributed by atoms with Gasteiger partial charge in [0, 0.05) is 5.57 Å². The molecule has 25 heavy (non-hydrogen) atoms. The highest BCUT2D eigenvalue weighted by Gasteiger charge is 2.69. The first kappa shape index (κ1) is 17.9. The molecule has 2 aliphatic carbocycles. The second kappa shape index (κ2) is 6.13. The highest BCUT2D eigenvalue weighted by atomic mass is 16.6. The Morgan fingerprint density at radius 1 is 1.52 bits per heavy atom. The van der Waals surface area contributed by atoms with E-state index in [9.17, 15) is 14.7 Å². The molecule has 1 unspecified atom stereocenters. The summed E-state index contributed by atoms with van der Waals surface area (Å²) in [6.07, 6.45) is 3.78. The van der Waals surface area contributed by atoms with Gasteiger partial charge >= 0.3 is 11.9 Å². The fourth-order valence-corrected chi connectivity index (χ4v) is 4.51. The molecule has 3 aliphatic rings. The molecule has 0 radical (unpaired) electrons. The fourth-order valence-electron chi connectivity index (χ4n) is 4.51. The number of fused-ring (bicyclic) bond motifs is 3. The topological polar surface area (TPSA) is 72.8 Å². The highest BCUT2D eigenvalue weighted by molar-refractivity contribution is 5.88. The van der Waals surface area contributed by atoms with Gasteiger partial charge in [0.1, 0.15) is 17.8 Å². The lowest BCUT2D eigenvalue weighted by atomic mass is 9.79. The standard InChI is InChI=1S/C20H26O5/c1-6-10(2)18(21)25-17-14-13(5)19(22)24-16(14)15-11(3)8-7-9-12(4)20(15,17)23/h6,9,13-17,23H,3,7-8H2,1-2,4-5H3/b10-6-/t13-,14+,15?,16-,17-,20+/m1/s1. The summed E-state index contributed by atoms with van der Waals surface area (Å²) in [5.74, 6) is -2.05. The van der Waals surface area contributed by atoms with Crippen LogP contribution in [0.4, 0.5) is 0 Å². The van der Waals surface area contributed by atoms with Crippen molar-refractivity contribution >= 4 is 11.9 Å². The second-order valence-electron chi connectivity index (χ2n) is 7.45. The molecule has 3 rings (SSSR count). The van der Waals surface area contributed by atoms with E-state index in [0.29, 0.717) is 12.0 Å². The largest absolute Gasteiger partial charge is 0.461 e. The Morgan fingerprint density at radius 2 is 2.20 bits per heavy atom. The zero-order valence-corrected chi connectivity index (χ0v) is 15.2. The van der Waals surface area contributed by atoms with Gasteiger partial charge in [-0.1, -0.05) is 31.2 Å². The molecule has 1 saturated heterocycles. The van der Waals surface area contributed by atoms with E-state index >= 15 is 0 Å². The summed E-state index contributed by atoms with van der Waals surface area (Å²) >= 11 is 0. The first-order valence-corrected chi connectivity index (χ1v) is 8.85. The number of hydrogen-bond acceptors (Lipinski definition) is 5. The molecule has 5 heteroatoms. The monoisotopic (exact) mass is 346 g/mol. The van der Waals surface area contributed by atoms with Crippen LogP contribution in [0.2, 0.25) is 0 Å². The predicted octanol–water partition coefficient (Wildman–Crippen LogP) is 2.70. The maximum absolute atomic E-state index is 12.4. The number of allylic oxidation sites excluding steroid dienone is 2. The molecular weight excluding hydrogens is 320 g/mol. The number of esters is 2. The van der Waals surface area contributed by atoms with Crippen LogP contribution >= 0.6 is 0 Å². The van der Waals surface area contributed by atoms with Crippen molar-refractivity contribution in [3.8, 4) is 0 Å². The fraction of sp³-hybridized carbons (Fsp3) is 0.600. The first-order valence-electron chi connectivity index (χ1n) is 8.85. The van der Waals surface area contributed by atoms with Crippen LogP contribution in [0.25, 0.3) is 0 Å². The van der Waals surface area contributed by atoms with Crippen molar-refractivity contribution in [2.75, 3.05) is 0 Å². The number of hydrogen-bond donors (Lipinski definition) is 1. The molecule has 136 valence electrons. The highest BCUT2D eigenvalue weighted by Crippen LogP contribution is 2.56. The average Bonchev–Trinajstić information content (AvgIpc) is 2.94. The predicted molar refractivity (Wildman–Crippen MR) is 92.4 cm³/mol. The second-order valence-corrected chi connectivity index (χ2v) is 7.45. The van der Waals surface area contributed by atoms with Gasteiger partial charge in [-0.3, -0.25) is 4.79 Å². The molecule has 0 bridgehead atoms. The first-order chi connectivity index (χ1) is 11.7. The third-order valence-corrected chi connectivity index (χ3v) is 6.14. The number of aliphatic hydroxyl groups is 1. The average molecular weight is 346 g/mol. The Labute approximate surface area is 148 Å². The minimum Gasteiger partial charge on any atom is -0.461 e. The molecule has 1 heterocycles. The third kappa shape index (κ3) is 2.48. The number of ether oxygens (including phenoxy) is 2. The summed E-state index contributed by atoms with van der Waals surface area (Å²) in [7, 11) is 0. The molecule has 1 N–H and O–H groups in total. The zero-order chi connectivity index (χ0) is 18.5. The van der Waals surface area contributed by atoms with Gasteiger partial charge in [-0.2, -0.15) is 0 Å². The van der Waals surface area contributed by atoms with Gasteiger partial charge in [0.25, 0.3) is 0 Å². The quantitative estimate of drug-likeness (QED) is 0.473. The van der Waals surface area contributed by atoms with Gasteiger partial charge in [0.15, 0.2) is 0 Å².